The molecule has 1 aliphatic carbocycles. The largest absolute Gasteiger partial charge is 0.454 e. The molecule has 1 saturated carbocycles. The van der Waals surface area contributed by atoms with Gasteiger partial charge in [0.1, 0.15) is 5.69 Å². The van der Waals surface area contributed by atoms with E-state index in [2.05, 4.69) is 15.6 Å². The molecule has 2 aromatic rings. The van der Waals surface area contributed by atoms with E-state index in [0.717, 1.165) is 35.7 Å². The van der Waals surface area contributed by atoms with Gasteiger partial charge in [-0.3, -0.25) is 4.79 Å². The van der Waals surface area contributed by atoms with Gasteiger partial charge >= 0.3 is 0 Å². The Labute approximate surface area is 152 Å². The number of fused-ring (bicyclic) bond motifs is 1. The number of hydrogen-bond acceptors (Lipinski definition) is 5. The van der Waals surface area contributed by atoms with E-state index in [4.69, 9.17) is 9.47 Å². The number of rotatable bonds is 4. The summed E-state index contributed by atoms with van der Waals surface area (Å²) in [6, 6.07) is 9.56. The molecule has 0 saturated heterocycles. The van der Waals surface area contributed by atoms with Crippen molar-refractivity contribution >= 4 is 17.3 Å². The molecule has 0 spiro atoms. The molecule has 6 nitrogen and oxygen atoms in total. The fourth-order valence-electron chi connectivity index (χ4n) is 3.43. The molecule has 0 radical (unpaired) electrons. The fourth-order valence-corrected chi connectivity index (χ4v) is 3.43. The van der Waals surface area contributed by atoms with E-state index in [9.17, 15) is 4.79 Å². The Morgan fingerprint density at radius 1 is 0.962 bits per heavy atom. The van der Waals surface area contributed by atoms with Crippen LogP contribution in [0.2, 0.25) is 0 Å². The van der Waals surface area contributed by atoms with E-state index in [0.29, 0.717) is 5.69 Å². The summed E-state index contributed by atoms with van der Waals surface area (Å²) in [5.41, 5.74) is 2.15. The minimum atomic E-state index is -0.0912. The van der Waals surface area contributed by atoms with Gasteiger partial charge in [0.25, 0.3) is 5.91 Å². The van der Waals surface area contributed by atoms with Gasteiger partial charge in [0.2, 0.25) is 6.79 Å². The summed E-state index contributed by atoms with van der Waals surface area (Å²) in [6.45, 7) is 0.255. The van der Waals surface area contributed by atoms with Gasteiger partial charge in [-0.05, 0) is 37.1 Å². The Bertz CT molecular complexity index is 768. The maximum atomic E-state index is 12.4. The fraction of sp³-hybridized carbons (Fsp3) is 0.400. The zero-order valence-electron chi connectivity index (χ0n) is 14.7. The standard InChI is InChI=1S/C20H23N3O3/c24-20(23-14-5-3-1-2-4-6-14)17-9-7-16(12-21-17)22-15-8-10-18-19(11-15)26-13-25-18/h7-12,14,22H,1-6,13H2,(H,23,24). The van der Waals surface area contributed by atoms with Crippen LogP contribution in [0, 0.1) is 0 Å². The number of hydrogen-bond donors (Lipinski definition) is 2. The van der Waals surface area contributed by atoms with Gasteiger partial charge in [0, 0.05) is 17.8 Å². The van der Waals surface area contributed by atoms with Crippen molar-refractivity contribution in [1.29, 1.82) is 0 Å². The third-order valence-electron chi connectivity index (χ3n) is 4.85. The van der Waals surface area contributed by atoms with Crippen molar-refractivity contribution in [2.75, 3.05) is 12.1 Å². The van der Waals surface area contributed by atoms with Crippen molar-refractivity contribution in [3.63, 3.8) is 0 Å². The highest BCUT2D eigenvalue weighted by Gasteiger charge is 2.17. The Morgan fingerprint density at radius 3 is 2.50 bits per heavy atom. The number of aromatic nitrogens is 1. The normalized spacial score (nSPS) is 16.8. The second-order valence-corrected chi connectivity index (χ2v) is 6.79. The summed E-state index contributed by atoms with van der Waals surface area (Å²) in [7, 11) is 0. The molecule has 0 atom stereocenters. The number of pyridine rings is 1. The van der Waals surface area contributed by atoms with Crippen molar-refractivity contribution in [3.8, 4) is 11.5 Å². The Balaban J connectivity index is 1.37. The molecular weight excluding hydrogens is 330 g/mol. The van der Waals surface area contributed by atoms with Crippen LogP contribution < -0.4 is 20.1 Å². The Kier molecular flexibility index (Phi) is 4.91. The molecule has 26 heavy (non-hydrogen) atoms. The van der Waals surface area contributed by atoms with Crippen molar-refractivity contribution in [2.24, 2.45) is 0 Å². The van der Waals surface area contributed by atoms with Gasteiger partial charge in [-0.2, -0.15) is 0 Å². The number of nitrogens with one attached hydrogen (secondary N) is 2. The van der Waals surface area contributed by atoms with E-state index in [1.165, 1.54) is 25.7 Å². The summed E-state index contributed by atoms with van der Waals surface area (Å²) < 4.78 is 10.7. The number of amides is 1. The highest BCUT2D eigenvalue weighted by atomic mass is 16.7. The van der Waals surface area contributed by atoms with Gasteiger partial charge in [-0.25, -0.2) is 4.98 Å². The minimum Gasteiger partial charge on any atom is -0.454 e. The number of ether oxygens (including phenoxy) is 2. The quantitative estimate of drug-likeness (QED) is 0.813. The van der Waals surface area contributed by atoms with Crippen LogP contribution >= 0.6 is 0 Å². The van der Waals surface area contributed by atoms with Crippen LogP contribution in [0.5, 0.6) is 11.5 Å². The molecule has 6 heteroatoms. The first-order chi connectivity index (χ1) is 12.8. The lowest BCUT2D eigenvalue weighted by atomic mass is 10.1. The molecule has 1 aromatic heterocycles. The van der Waals surface area contributed by atoms with Crippen LogP contribution in [0.1, 0.15) is 49.0 Å². The summed E-state index contributed by atoms with van der Waals surface area (Å²) in [5, 5.41) is 6.38. The number of carbonyl (C=O) groups excluding carboxylic acids is 1. The number of carbonyl (C=O) groups is 1. The third kappa shape index (κ3) is 3.90. The molecule has 4 rings (SSSR count). The summed E-state index contributed by atoms with van der Waals surface area (Å²) in [6.07, 6.45) is 8.72. The molecule has 1 fully saturated rings. The maximum absolute atomic E-state index is 12.4. The molecule has 136 valence electrons. The molecule has 0 unspecified atom stereocenters. The van der Waals surface area contributed by atoms with Crippen LogP contribution in [0.25, 0.3) is 0 Å². The first-order valence-corrected chi connectivity index (χ1v) is 9.21. The van der Waals surface area contributed by atoms with Crippen molar-refractivity contribution in [1.82, 2.24) is 10.3 Å². The second kappa shape index (κ2) is 7.64. The minimum absolute atomic E-state index is 0.0912. The van der Waals surface area contributed by atoms with Crippen molar-refractivity contribution < 1.29 is 14.3 Å². The average Bonchev–Trinajstić information content (AvgIpc) is 2.97. The second-order valence-electron chi connectivity index (χ2n) is 6.79. The molecule has 1 aromatic carbocycles. The summed E-state index contributed by atoms with van der Waals surface area (Å²) >= 11 is 0. The van der Waals surface area contributed by atoms with E-state index in [-0.39, 0.29) is 18.7 Å². The Hall–Kier alpha value is -2.76. The molecule has 2 heterocycles. The van der Waals surface area contributed by atoms with Gasteiger partial charge in [-0.1, -0.05) is 25.7 Å². The SMILES string of the molecule is O=C(NC1CCCCCC1)c1ccc(Nc2ccc3c(c2)OCO3)cn1. The Morgan fingerprint density at radius 2 is 1.73 bits per heavy atom. The number of benzene rings is 1. The molecule has 1 aliphatic heterocycles. The zero-order chi connectivity index (χ0) is 17.8. The topological polar surface area (TPSA) is 72.5 Å². The van der Waals surface area contributed by atoms with E-state index < -0.39 is 0 Å². The van der Waals surface area contributed by atoms with Crippen LogP contribution in [0.15, 0.2) is 36.5 Å². The lowest BCUT2D eigenvalue weighted by Gasteiger charge is -2.16. The lowest BCUT2D eigenvalue weighted by Crippen LogP contribution is -2.34. The highest BCUT2D eigenvalue weighted by molar-refractivity contribution is 5.92. The summed E-state index contributed by atoms with van der Waals surface area (Å²) in [4.78, 5) is 16.7. The predicted molar refractivity (Wildman–Crippen MR) is 99.0 cm³/mol. The van der Waals surface area contributed by atoms with Crippen molar-refractivity contribution in [3.05, 3.63) is 42.2 Å². The van der Waals surface area contributed by atoms with Crippen LogP contribution in [0.4, 0.5) is 11.4 Å². The molecule has 0 bridgehead atoms. The third-order valence-corrected chi connectivity index (χ3v) is 4.85. The first kappa shape index (κ1) is 16.7. The maximum Gasteiger partial charge on any atom is 0.270 e. The van der Waals surface area contributed by atoms with Gasteiger partial charge in [0.15, 0.2) is 11.5 Å². The van der Waals surface area contributed by atoms with E-state index in [1.807, 2.05) is 24.3 Å². The number of anilines is 2. The van der Waals surface area contributed by atoms with Gasteiger partial charge in [0.05, 0.1) is 11.9 Å². The highest BCUT2D eigenvalue weighted by Crippen LogP contribution is 2.35. The van der Waals surface area contributed by atoms with Gasteiger partial charge < -0.3 is 20.1 Å². The first-order valence-electron chi connectivity index (χ1n) is 9.21. The van der Waals surface area contributed by atoms with Crippen LogP contribution in [0.3, 0.4) is 0 Å². The zero-order valence-corrected chi connectivity index (χ0v) is 14.7. The molecular formula is C20H23N3O3. The van der Waals surface area contributed by atoms with E-state index in [1.54, 1.807) is 12.3 Å². The molecule has 1 amide bonds. The molecule has 2 aliphatic rings. The summed E-state index contributed by atoms with van der Waals surface area (Å²) in [5.74, 6) is 1.38. The van der Waals surface area contributed by atoms with Crippen molar-refractivity contribution in [2.45, 2.75) is 44.6 Å². The lowest BCUT2D eigenvalue weighted by molar-refractivity contribution is 0.0928. The smallest absolute Gasteiger partial charge is 0.270 e. The van der Waals surface area contributed by atoms with Gasteiger partial charge in [-0.15, -0.1) is 0 Å². The van der Waals surface area contributed by atoms with Crippen LogP contribution in [-0.2, 0) is 0 Å². The van der Waals surface area contributed by atoms with Crippen LogP contribution in [-0.4, -0.2) is 23.7 Å². The number of nitrogens with zero attached hydrogens (tertiary/aromatic N) is 1. The average molecular weight is 353 g/mol. The monoisotopic (exact) mass is 353 g/mol. The predicted octanol–water partition coefficient (Wildman–Crippen LogP) is 4.01. The molecule has 2 N–H and O–H groups in total. The van der Waals surface area contributed by atoms with E-state index >= 15 is 0 Å².